The number of nitrogens with zero attached hydrogens (tertiary/aromatic N) is 1. The van der Waals surface area contributed by atoms with Gasteiger partial charge >= 0.3 is 0 Å². The standard InChI is InChI=1S/C13H27N3O.HI/c1-4-15-12(14-2)16-11-13(9-10-17-3)7-5-6-8-13;/h4-11H2,1-3H3,(H2,14,15,16);1H. The van der Waals surface area contributed by atoms with Gasteiger partial charge in [0.15, 0.2) is 5.96 Å². The van der Waals surface area contributed by atoms with Gasteiger partial charge in [-0.05, 0) is 31.6 Å². The summed E-state index contributed by atoms with van der Waals surface area (Å²) < 4.78 is 5.24. The lowest BCUT2D eigenvalue weighted by molar-refractivity contribution is 0.138. The average Bonchev–Trinajstić information content (AvgIpc) is 2.81. The van der Waals surface area contributed by atoms with Crippen molar-refractivity contribution in [2.75, 3.05) is 33.9 Å². The van der Waals surface area contributed by atoms with Crippen LogP contribution in [-0.4, -0.2) is 39.8 Å². The highest BCUT2D eigenvalue weighted by Crippen LogP contribution is 2.40. The fraction of sp³-hybridized carbons (Fsp3) is 0.923. The van der Waals surface area contributed by atoms with Crippen molar-refractivity contribution in [3.63, 3.8) is 0 Å². The molecular formula is C13H28IN3O. The molecule has 0 aromatic heterocycles. The topological polar surface area (TPSA) is 45.7 Å². The number of aliphatic imine (C=N–C) groups is 1. The van der Waals surface area contributed by atoms with Crippen molar-refractivity contribution in [1.82, 2.24) is 10.6 Å². The Morgan fingerprint density at radius 3 is 2.44 bits per heavy atom. The van der Waals surface area contributed by atoms with Crippen LogP contribution in [0.5, 0.6) is 0 Å². The van der Waals surface area contributed by atoms with Gasteiger partial charge in [0, 0.05) is 33.9 Å². The van der Waals surface area contributed by atoms with Gasteiger partial charge in [-0.2, -0.15) is 0 Å². The molecular weight excluding hydrogens is 341 g/mol. The van der Waals surface area contributed by atoms with E-state index in [1.54, 1.807) is 7.11 Å². The maximum atomic E-state index is 5.24. The smallest absolute Gasteiger partial charge is 0.190 e. The zero-order valence-electron chi connectivity index (χ0n) is 11.9. The van der Waals surface area contributed by atoms with Gasteiger partial charge in [0.05, 0.1) is 0 Å². The quantitative estimate of drug-likeness (QED) is 0.429. The molecule has 1 aliphatic carbocycles. The summed E-state index contributed by atoms with van der Waals surface area (Å²) in [6.45, 7) is 4.87. The van der Waals surface area contributed by atoms with Crippen LogP contribution < -0.4 is 10.6 Å². The number of methoxy groups -OCH3 is 1. The van der Waals surface area contributed by atoms with Crippen molar-refractivity contribution in [2.45, 2.75) is 39.0 Å². The van der Waals surface area contributed by atoms with Crippen molar-refractivity contribution in [3.8, 4) is 0 Å². The first-order valence-electron chi connectivity index (χ1n) is 6.70. The number of halogens is 1. The van der Waals surface area contributed by atoms with Gasteiger partial charge in [0.2, 0.25) is 0 Å². The van der Waals surface area contributed by atoms with Gasteiger partial charge in [-0.15, -0.1) is 24.0 Å². The first-order valence-corrected chi connectivity index (χ1v) is 6.70. The van der Waals surface area contributed by atoms with Gasteiger partial charge < -0.3 is 15.4 Å². The van der Waals surface area contributed by atoms with Gasteiger partial charge in [-0.25, -0.2) is 0 Å². The Balaban J connectivity index is 0.00000289. The zero-order valence-corrected chi connectivity index (χ0v) is 14.3. The highest BCUT2D eigenvalue weighted by Gasteiger charge is 2.33. The maximum Gasteiger partial charge on any atom is 0.190 e. The fourth-order valence-electron chi connectivity index (χ4n) is 2.62. The molecule has 0 aliphatic heterocycles. The lowest BCUT2D eigenvalue weighted by Crippen LogP contribution is -2.43. The summed E-state index contributed by atoms with van der Waals surface area (Å²) in [6, 6.07) is 0. The third kappa shape index (κ3) is 5.73. The summed E-state index contributed by atoms with van der Waals surface area (Å²) in [4.78, 5) is 4.21. The summed E-state index contributed by atoms with van der Waals surface area (Å²) in [5.74, 6) is 0.913. The molecule has 1 aliphatic rings. The van der Waals surface area contributed by atoms with Crippen LogP contribution >= 0.6 is 24.0 Å². The Labute approximate surface area is 128 Å². The van der Waals surface area contributed by atoms with Gasteiger partial charge in [-0.1, -0.05) is 12.8 Å². The van der Waals surface area contributed by atoms with Crippen LogP contribution in [0.2, 0.25) is 0 Å². The third-order valence-electron chi connectivity index (χ3n) is 3.70. The minimum Gasteiger partial charge on any atom is -0.385 e. The van der Waals surface area contributed by atoms with Gasteiger partial charge in [0.1, 0.15) is 0 Å². The van der Waals surface area contributed by atoms with E-state index in [9.17, 15) is 0 Å². The Morgan fingerprint density at radius 1 is 1.28 bits per heavy atom. The zero-order chi connectivity index (χ0) is 12.6. The highest BCUT2D eigenvalue weighted by molar-refractivity contribution is 14.0. The molecule has 0 bridgehead atoms. The van der Waals surface area contributed by atoms with Crippen LogP contribution in [0.25, 0.3) is 0 Å². The Hall–Kier alpha value is -0.0400. The van der Waals surface area contributed by atoms with E-state index in [4.69, 9.17) is 4.74 Å². The first kappa shape index (κ1) is 18.0. The maximum absolute atomic E-state index is 5.24. The minimum atomic E-state index is 0. The minimum absolute atomic E-state index is 0. The molecule has 18 heavy (non-hydrogen) atoms. The molecule has 0 heterocycles. The summed E-state index contributed by atoms with van der Waals surface area (Å²) in [5, 5.41) is 6.68. The van der Waals surface area contributed by atoms with Crippen LogP contribution in [0.15, 0.2) is 4.99 Å². The third-order valence-corrected chi connectivity index (χ3v) is 3.70. The van der Waals surface area contributed by atoms with Crippen LogP contribution in [0.3, 0.4) is 0 Å². The van der Waals surface area contributed by atoms with Crippen molar-refractivity contribution in [1.29, 1.82) is 0 Å². The van der Waals surface area contributed by atoms with Gasteiger partial charge in [-0.3, -0.25) is 4.99 Å². The van der Waals surface area contributed by atoms with E-state index in [0.717, 1.165) is 32.1 Å². The molecule has 0 saturated heterocycles. The molecule has 0 aromatic rings. The highest BCUT2D eigenvalue weighted by atomic mass is 127. The summed E-state index contributed by atoms with van der Waals surface area (Å²) >= 11 is 0. The SMILES string of the molecule is CCNC(=NC)NCC1(CCOC)CCCC1.I. The van der Waals surface area contributed by atoms with Crippen LogP contribution in [0.1, 0.15) is 39.0 Å². The first-order chi connectivity index (χ1) is 8.26. The number of rotatable bonds is 6. The lowest BCUT2D eigenvalue weighted by Gasteiger charge is -2.29. The van der Waals surface area contributed by atoms with E-state index in [2.05, 4.69) is 22.5 Å². The second-order valence-electron chi connectivity index (χ2n) is 4.91. The molecule has 4 nitrogen and oxygen atoms in total. The van der Waals surface area contributed by atoms with E-state index in [0.29, 0.717) is 5.41 Å². The van der Waals surface area contributed by atoms with E-state index >= 15 is 0 Å². The van der Waals surface area contributed by atoms with Crippen molar-refractivity contribution >= 4 is 29.9 Å². The molecule has 0 unspecified atom stereocenters. The lowest BCUT2D eigenvalue weighted by atomic mass is 9.83. The predicted octanol–water partition coefficient (Wildman–Crippen LogP) is 2.39. The summed E-state index contributed by atoms with van der Waals surface area (Å²) in [5.41, 5.74) is 0.418. The molecule has 0 atom stereocenters. The van der Waals surface area contributed by atoms with E-state index in [1.165, 1.54) is 25.7 Å². The normalized spacial score (nSPS) is 18.3. The fourth-order valence-corrected chi connectivity index (χ4v) is 2.62. The second-order valence-corrected chi connectivity index (χ2v) is 4.91. The molecule has 1 fully saturated rings. The number of ether oxygens (including phenoxy) is 1. The molecule has 2 N–H and O–H groups in total. The van der Waals surface area contributed by atoms with Crippen molar-refractivity contribution in [2.24, 2.45) is 10.4 Å². The molecule has 0 amide bonds. The number of hydrogen-bond donors (Lipinski definition) is 2. The Bertz CT molecular complexity index is 240. The van der Waals surface area contributed by atoms with Crippen LogP contribution in [0, 0.1) is 5.41 Å². The Kier molecular flexibility index (Phi) is 9.81. The van der Waals surface area contributed by atoms with Crippen LogP contribution in [-0.2, 0) is 4.74 Å². The predicted molar refractivity (Wildman–Crippen MR) is 87.8 cm³/mol. The molecule has 1 saturated carbocycles. The number of guanidine groups is 1. The van der Waals surface area contributed by atoms with Crippen LogP contribution in [0.4, 0.5) is 0 Å². The van der Waals surface area contributed by atoms with E-state index < -0.39 is 0 Å². The Morgan fingerprint density at radius 2 is 1.94 bits per heavy atom. The number of nitrogens with one attached hydrogen (secondary N) is 2. The molecule has 1 rings (SSSR count). The molecule has 0 spiro atoms. The van der Waals surface area contributed by atoms with Crippen molar-refractivity contribution < 1.29 is 4.74 Å². The number of hydrogen-bond acceptors (Lipinski definition) is 2. The van der Waals surface area contributed by atoms with E-state index in [1.807, 2.05) is 7.05 Å². The monoisotopic (exact) mass is 369 g/mol. The van der Waals surface area contributed by atoms with E-state index in [-0.39, 0.29) is 24.0 Å². The molecule has 5 heteroatoms. The molecule has 0 aromatic carbocycles. The largest absolute Gasteiger partial charge is 0.385 e. The van der Waals surface area contributed by atoms with Gasteiger partial charge in [0.25, 0.3) is 0 Å². The molecule has 0 radical (unpaired) electrons. The average molecular weight is 369 g/mol. The summed E-state index contributed by atoms with van der Waals surface area (Å²) in [6.07, 6.45) is 6.48. The van der Waals surface area contributed by atoms with Crippen molar-refractivity contribution in [3.05, 3.63) is 0 Å². The second kappa shape index (κ2) is 9.83. The summed E-state index contributed by atoms with van der Waals surface area (Å²) in [7, 11) is 3.61. The molecule has 108 valence electrons.